The molecule has 2 aliphatic heterocycles. The van der Waals surface area contributed by atoms with Gasteiger partial charge in [0.2, 0.25) is 0 Å². The van der Waals surface area contributed by atoms with Crippen LogP contribution in [0.3, 0.4) is 0 Å². The molecule has 1 fully saturated rings. The molecule has 3 aromatic heterocycles. The molecule has 6 rings (SSSR count). The first-order chi connectivity index (χ1) is 30.6. The molecule has 0 saturated carbocycles. The fourth-order valence-electron chi connectivity index (χ4n) is 10.0. The summed E-state index contributed by atoms with van der Waals surface area (Å²) in [5, 5.41) is 6.83. The van der Waals surface area contributed by atoms with Crippen molar-refractivity contribution in [1.82, 2.24) is 15.0 Å². The Hall–Kier alpha value is -4.28. The number of ether oxygens (including phenoxy) is 2. The molecular formula is C55H71MgN4O5-3. The van der Waals surface area contributed by atoms with Crippen LogP contribution in [0.1, 0.15) is 173 Å². The minimum Gasteiger partial charge on any atom is -0.664 e. The first kappa shape index (κ1) is 51.7. The number of carbonyl (C=O) groups is 3. The van der Waals surface area contributed by atoms with Gasteiger partial charge >= 0.3 is 35.0 Å². The molecule has 8 bridgehead atoms. The van der Waals surface area contributed by atoms with Gasteiger partial charge in [0, 0.05) is 12.0 Å². The van der Waals surface area contributed by atoms with Crippen molar-refractivity contribution < 1.29 is 23.9 Å². The summed E-state index contributed by atoms with van der Waals surface area (Å²) in [6, 6.07) is 0. The van der Waals surface area contributed by atoms with Crippen LogP contribution in [-0.2, 0) is 25.5 Å². The molecule has 346 valence electrons. The first-order valence-electron chi connectivity index (χ1n) is 23.8. The summed E-state index contributed by atoms with van der Waals surface area (Å²) in [4.78, 5) is 56.6. The summed E-state index contributed by atoms with van der Waals surface area (Å²) in [5.41, 5.74) is 10.7. The van der Waals surface area contributed by atoms with Crippen LogP contribution in [-0.4, -0.2) is 54.5 Å². The molecular weight excluding hydrogens is 821 g/mol. The predicted octanol–water partition coefficient (Wildman–Crippen LogP) is 10.2. The number of fused-ring (bicyclic) bond motifs is 7. The second kappa shape index (κ2) is 22.9. The van der Waals surface area contributed by atoms with Gasteiger partial charge in [0.25, 0.3) is 0 Å². The molecule has 0 N–H and O–H groups in total. The van der Waals surface area contributed by atoms with Crippen LogP contribution in [0.15, 0.2) is 29.6 Å². The molecule has 0 aromatic carbocycles. The fraction of sp³-hybridized carbons (Fsp3) is 0.527. The van der Waals surface area contributed by atoms with Crippen LogP contribution in [0.25, 0.3) is 35.2 Å². The molecule has 0 radical (unpaired) electrons. The maximum atomic E-state index is 14.4. The molecule has 6 atom stereocenters. The average molecular weight is 893 g/mol. The van der Waals surface area contributed by atoms with E-state index in [1.54, 1.807) is 0 Å². The number of ketones is 1. The molecule has 0 spiro atoms. The number of rotatable bonds is 20. The smallest absolute Gasteiger partial charge is 0.664 e. The van der Waals surface area contributed by atoms with Gasteiger partial charge in [-0.05, 0) is 88.7 Å². The quantitative estimate of drug-likeness (QED) is 0.0361. The van der Waals surface area contributed by atoms with Crippen LogP contribution in [0.2, 0.25) is 0 Å². The Kier molecular flexibility index (Phi) is 18.3. The van der Waals surface area contributed by atoms with E-state index in [4.69, 9.17) is 29.7 Å². The minimum atomic E-state index is -1.22. The summed E-state index contributed by atoms with van der Waals surface area (Å²) in [6.45, 7) is 27.7. The van der Waals surface area contributed by atoms with Crippen molar-refractivity contribution in [2.75, 3.05) is 13.7 Å². The maximum absolute atomic E-state index is 14.4. The van der Waals surface area contributed by atoms with Crippen molar-refractivity contribution in [3.8, 4) is 0 Å². The molecule has 0 unspecified atom stereocenters. The van der Waals surface area contributed by atoms with Gasteiger partial charge < -0.3 is 36.7 Å². The molecule has 9 nitrogen and oxygen atoms in total. The summed E-state index contributed by atoms with van der Waals surface area (Å²) in [7, 11) is 1.29. The summed E-state index contributed by atoms with van der Waals surface area (Å²) in [5.74, 6) is -1.01. The monoisotopic (exact) mass is 892 g/mol. The molecule has 0 amide bonds. The van der Waals surface area contributed by atoms with E-state index in [0.717, 1.165) is 75.2 Å². The van der Waals surface area contributed by atoms with Crippen LogP contribution in [0.5, 0.6) is 0 Å². The second-order valence-corrected chi connectivity index (χ2v) is 19.1. The van der Waals surface area contributed by atoms with E-state index >= 15 is 0 Å². The Morgan fingerprint density at radius 2 is 1.51 bits per heavy atom. The van der Waals surface area contributed by atoms with Crippen molar-refractivity contribution in [2.45, 2.75) is 139 Å². The fourth-order valence-corrected chi connectivity index (χ4v) is 10.0. The third-order valence-electron chi connectivity index (χ3n) is 14.1. The zero-order valence-corrected chi connectivity index (χ0v) is 42.4. The van der Waals surface area contributed by atoms with Gasteiger partial charge in [-0.3, -0.25) is 14.4 Å². The van der Waals surface area contributed by atoms with Gasteiger partial charge in [-0.25, -0.2) is 0 Å². The van der Waals surface area contributed by atoms with Crippen molar-refractivity contribution in [1.29, 1.82) is 0 Å². The number of hydrogen-bond acceptors (Lipinski definition) is 5. The number of hydrogen-bond donors (Lipinski definition) is 0. The number of methoxy groups -OCH3 is 1. The number of aromatic nitrogens is 3. The van der Waals surface area contributed by atoms with Crippen molar-refractivity contribution in [3.63, 3.8) is 0 Å². The van der Waals surface area contributed by atoms with Crippen LogP contribution in [0, 0.1) is 63.2 Å². The molecule has 1 saturated heterocycles. The Labute approximate surface area is 404 Å². The molecule has 65 heavy (non-hydrogen) atoms. The van der Waals surface area contributed by atoms with Crippen molar-refractivity contribution >= 4 is 70.7 Å². The van der Waals surface area contributed by atoms with Gasteiger partial charge in [-0.2, -0.15) is 17.3 Å². The van der Waals surface area contributed by atoms with Crippen LogP contribution in [0.4, 0.5) is 0 Å². The number of esters is 2. The predicted molar refractivity (Wildman–Crippen MR) is 264 cm³/mol. The van der Waals surface area contributed by atoms with Crippen molar-refractivity contribution in [2.24, 2.45) is 35.5 Å². The van der Waals surface area contributed by atoms with Crippen molar-refractivity contribution in [3.05, 3.63) is 109 Å². The SMILES string of the molecule is C=Cc1c2[n-]c(c1C)/C=C1\[N-]/C(=C3\c4[n-]c(c(C)c4C(=O)[C@@H]3C(=O)OC)/C=c3\[n-]/c(c(C)c3CC)=C\2)[C@@H](CCC(=O)OC/C=C(/C)CCC[C@H](C)CCC[C@H](C)CCC[C@H]([CH2-])C)[C@@H]1C.[Mg+2]. The van der Waals surface area contributed by atoms with E-state index in [-0.39, 0.29) is 59.7 Å². The van der Waals surface area contributed by atoms with Gasteiger partial charge in [0.15, 0.2) is 5.78 Å². The van der Waals surface area contributed by atoms with Gasteiger partial charge in [-0.1, -0.05) is 144 Å². The van der Waals surface area contributed by atoms with E-state index in [0.29, 0.717) is 52.0 Å². The Balaban J connectivity index is 0.00000793. The largest absolute Gasteiger partial charge is 2.00 e. The van der Waals surface area contributed by atoms with Gasteiger partial charge in [-0.15, -0.1) is 33.5 Å². The van der Waals surface area contributed by atoms with Gasteiger partial charge in [0.05, 0.1) is 7.11 Å². The number of allylic oxidation sites excluding steroid dienone is 3. The molecule has 10 heteroatoms. The molecule has 3 aliphatic rings. The molecule has 1 aliphatic carbocycles. The number of Topliss-reactive ketones (excluding diaryl/α,β-unsaturated/α-hetero) is 1. The number of carbonyl (C=O) groups excluding carboxylic acids is 3. The maximum Gasteiger partial charge on any atom is 2.00 e. The summed E-state index contributed by atoms with van der Waals surface area (Å²) < 4.78 is 11.0. The zero-order valence-electron chi connectivity index (χ0n) is 41.0. The Morgan fingerprint density at radius 3 is 2.15 bits per heavy atom. The van der Waals surface area contributed by atoms with E-state index in [2.05, 4.69) is 62.0 Å². The molecule has 3 aromatic rings. The van der Waals surface area contributed by atoms with Gasteiger partial charge in [0.1, 0.15) is 12.5 Å². The van der Waals surface area contributed by atoms with E-state index in [1.165, 1.54) is 57.6 Å². The summed E-state index contributed by atoms with van der Waals surface area (Å²) >= 11 is 0. The number of nitrogens with zero attached hydrogens (tertiary/aromatic N) is 4. The average Bonchev–Trinajstić information content (AvgIpc) is 3.99. The van der Waals surface area contributed by atoms with E-state index < -0.39 is 11.9 Å². The Morgan fingerprint density at radius 1 is 0.862 bits per heavy atom. The summed E-state index contributed by atoms with van der Waals surface area (Å²) in [6.07, 6.45) is 22.1. The third-order valence-corrected chi connectivity index (χ3v) is 14.1. The topological polar surface area (TPSA) is 126 Å². The van der Waals surface area contributed by atoms with Crippen LogP contribution >= 0.6 is 0 Å². The minimum absolute atomic E-state index is 0. The first-order valence-corrected chi connectivity index (χ1v) is 23.8. The standard InChI is InChI=1S/C55H72N4O5.Mg/c1-13-39-35(8)42-28-44-37(10)41(24-25-48(60)64-27-26-34(7)23-17-22-33(6)21-16-20-32(5)19-15-18-31(3)4)52(58-44)50-51(55(62)63-12)54(61)49-38(11)45(59-53(49)50)30-47-40(14-2)36(9)43(57-47)29-46(39)56-42;/h13,26,28-33,37,41,51H,1,3,14-25,27H2,2,4-12H3,(H-,58,59,61);/q-4;+2/p-1/b34-26-,43-29-,44-28-,47-30-;/t31-,32-,33-,37+,41+,51-;/m1./s1. The normalized spacial score (nSPS) is 22.1. The Bertz CT molecular complexity index is 2450. The second-order valence-electron chi connectivity index (χ2n) is 19.1. The molecule has 5 heterocycles. The van der Waals surface area contributed by atoms with E-state index in [1.807, 2.05) is 44.2 Å². The zero-order chi connectivity index (χ0) is 46.4. The van der Waals surface area contributed by atoms with E-state index in [9.17, 15) is 14.4 Å². The third kappa shape index (κ3) is 11.6. The van der Waals surface area contributed by atoms with Crippen LogP contribution < -0.4 is 25.7 Å².